The Balaban J connectivity index is 2.78. The minimum Gasteiger partial charge on any atom is -0.477 e. The number of benzene rings is 1. The average molecular weight is 274 g/mol. The summed E-state index contributed by atoms with van der Waals surface area (Å²) in [6.45, 7) is 1.68. The highest BCUT2D eigenvalue weighted by Crippen LogP contribution is 2.25. The van der Waals surface area contributed by atoms with Gasteiger partial charge in [0.15, 0.2) is 0 Å². The van der Waals surface area contributed by atoms with Crippen LogP contribution in [0.4, 0.5) is 0 Å². The van der Waals surface area contributed by atoms with Crippen LogP contribution >= 0.6 is 10.7 Å². The van der Waals surface area contributed by atoms with Crippen molar-refractivity contribution >= 4 is 36.6 Å². The van der Waals surface area contributed by atoms with Crippen LogP contribution in [0.5, 0.6) is 0 Å². The summed E-state index contributed by atoms with van der Waals surface area (Å²) in [6.07, 6.45) is 0. The molecule has 17 heavy (non-hydrogen) atoms. The number of hydrogen-bond donors (Lipinski definition) is 2. The minimum atomic E-state index is -3.82. The van der Waals surface area contributed by atoms with E-state index in [1.807, 2.05) is 0 Å². The molecule has 0 spiro atoms. The lowest BCUT2D eigenvalue weighted by molar-refractivity contribution is 0.0691. The second-order valence-electron chi connectivity index (χ2n) is 3.63. The number of carboxylic acids is 1. The Morgan fingerprint density at radius 3 is 2.53 bits per heavy atom. The van der Waals surface area contributed by atoms with Gasteiger partial charge >= 0.3 is 5.97 Å². The van der Waals surface area contributed by atoms with Gasteiger partial charge in [-0.05, 0) is 30.7 Å². The molecule has 0 atom stereocenters. The molecule has 0 radical (unpaired) electrons. The lowest BCUT2D eigenvalue weighted by Gasteiger charge is -2.00. The van der Waals surface area contributed by atoms with Crippen LogP contribution < -0.4 is 0 Å². The predicted molar refractivity (Wildman–Crippen MR) is 63.0 cm³/mol. The summed E-state index contributed by atoms with van der Waals surface area (Å²) in [5.41, 5.74) is 1.22. The molecule has 1 aromatic carbocycles. The van der Waals surface area contributed by atoms with E-state index in [1.54, 1.807) is 6.92 Å². The SMILES string of the molecule is Cc1cc(S(=O)(=O)Cl)cc2cc(C(=O)O)[nH]c12. The first-order valence-electron chi connectivity index (χ1n) is 4.60. The van der Waals surface area contributed by atoms with Crippen LogP contribution in [0, 0.1) is 6.92 Å². The molecule has 1 heterocycles. The van der Waals surface area contributed by atoms with Crippen molar-refractivity contribution in [2.75, 3.05) is 0 Å². The molecule has 0 unspecified atom stereocenters. The van der Waals surface area contributed by atoms with Crippen LogP contribution in [0.1, 0.15) is 16.1 Å². The van der Waals surface area contributed by atoms with Crippen molar-refractivity contribution in [3.63, 3.8) is 0 Å². The molecule has 0 aliphatic heterocycles. The lowest BCUT2D eigenvalue weighted by Crippen LogP contribution is -1.95. The summed E-state index contributed by atoms with van der Waals surface area (Å²) in [5, 5.41) is 9.33. The van der Waals surface area contributed by atoms with Gasteiger partial charge in [-0.1, -0.05) is 0 Å². The van der Waals surface area contributed by atoms with Gasteiger partial charge in [-0.2, -0.15) is 0 Å². The number of rotatable bonds is 2. The first kappa shape index (κ1) is 11.9. The fourth-order valence-electron chi connectivity index (χ4n) is 1.65. The number of carboxylic acid groups (broad SMARTS) is 1. The van der Waals surface area contributed by atoms with Crippen LogP contribution in [-0.2, 0) is 9.05 Å². The third kappa shape index (κ3) is 2.13. The molecule has 2 aromatic rings. The molecule has 0 saturated carbocycles. The molecule has 1 aromatic heterocycles. The topological polar surface area (TPSA) is 87.2 Å². The van der Waals surface area contributed by atoms with Gasteiger partial charge in [0.05, 0.1) is 4.90 Å². The summed E-state index contributed by atoms with van der Waals surface area (Å²) in [5.74, 6) is -1.10. The normalized spacial score (nSPS) is 11.9. The van der Waals surface area contributed by atoms with E-state index in [0.29, 0.717) is 16.5 Å². The molecule has 2 rings (SSSR count). The Bertz CT molecular complexity index is 717. The Labute approximate surface area is 101 Å². The van der Waals surface area contributed by atoms with E-state index < -0.39 is 15.0 Å². The second-order valence-corrected chi connectivity index (χ2v) is 6.20. The van der Waals surface area contributed by atoms with E-state index >= 15 is 0 Å². The summed E-state index contributed by atoms with van der Waals surface area (Å²) in [7, 11) is 1.43. The standard InChI is InChI=1S/C10H8ClNO4S/c1-5-2-7(17(11,15)16)3-6-4-8(10(13)14)12-9(5)6/h2-4,12H,1H3,(H,13,14). The van der Waals surface area contributed by atoms with Gasteiger partial charge in [-0.25, -0.2) is 13.2 Å². The average Bonchev–Trinajstić information content (AvgIpc) is 2.60. The summed E-state index contributed by atoms with van der Waals surface area (Å²) < 4.78 is 22.4. The molecule has 0 aliphatic rings. The third-order valence-electron chi connectivity index (χ3n) is 2.41. The first-order valence-corrected chi connectivity index (χ1v) is 6.91. The second kappa shape index (κ2) is 3.75. The van der Waals surface area contributed by atoms with Gasteiger partial charge in [0.2, 0.25) is 0 Å². The number of carbonyl (C=O) groups is 1. The van der Waals surface area contributed by atoms with Crippen molar-refractivity contribution in [2.45, 2.75) is 11.8 Å². The van der Waals surface area contributed by atoms with E-state index in [2.05, 4.69) is 4.98 Å². The van der Waals surface area contributed by atoms with E-state index in [-0.39, 0.29) is 10.6 Å². The van der Waals surface area contributed by atoms with Gasteiger partial charge in [0.25, 0.3) is 9.05 Å². The molecule has 90 valence electrons. The Morgan fingerprint density at radius 2 is 2.00 bits per heavy atom. The molecule has 0 bridgehead atoms. The number of halogens is 1. The quantitative estimate of drug-likeness (QED) is 0.820. The minimum absolute atomic E-state index is 0.00669. The number of H-pyrrole nitrogens is 1. The number of nitrogens with one attached hydrogen (secondary N) is 1. The van der Waals surface area contributed by atoms with Crippen molar-refractivity contribution in [3.8, 4) is 0 Å². The number of hydrogen-bond acceptors (Lipinski definition) is 3. The van der Waals surface area contributed by atoms with E-state index in [0.717, 1.165) is 0 Å². The summed E-state index contributed by atoms with van der Waals surface area (Å²) >= 11 is 0. The molecule has 0 amide bonds. The number of aromatic nitrogens is 1. The van der Waals surface area contributed by atoms with Crippen molar-refractivity contribution in [1.82, 2.24) is 4.98 Å². The predicted octanol–water partition coefficient (Wildman–Crippen LogP) is 2.10. The number of aromatic carboxylic acids is 1. The highest BCUT2D eigenvalue weighted by atomic mass is 35.7. The zero-order chi connectivity index (χ0) is 12.8. The van der Waals surface area contributed by atoms with Crippen LogP contribution in [0.2, 0.25) is 0 Å². The molecule has 0 saturated heterocycles. The Hall–Kier alpha value is -1.53. The summed E-state index contributed by atoms with van der Waals surface area (Å²) in [4.78, 5) is 13.5. The van der Waals surface area contributed by atoms with Gasteiger partial charge in [-0.15, -0.1) is 0 Å². The third-order valence-corrected chi connectivity index (χ3v) is 3.74. The fraction of sp³-hybridized carbons (Fsp3) is 0.100. The highest BCUT2D eigenvalue weighted by Gasteiger charge is 2.15. The maximum atomic E-state index is 11.2. The van der Waals surface area contributed by atoms with Crippen LogP contribution in [0.3, 0.4) is 0 Å². The number of aromatic amines is 1. The molecule has 0 aliphatic carbocycles. The van der Waals surface area contributed by atoms with Crippen LogP contribution in [-0.4, -0.2) is 24.5 Å². The fourth-order valence-corrected chi connectivity index (χ4v) is 2.50. The van der Waals surface area contributed by atoms with E-state index in [9.17, 15) is 13.2 Å². The zero-order valence-corrected chi connectivity index (χ0v) is 10.3. The molecular weight excluding hydrogens is 266 g/mol. The lowest BCUT2D eigenvalue weighted by atomic mass is 10.2. The number of fused-ring (bicyclic) bond motifs is 1. The zero-order valence-electron chi connectivity index (χ0n) is 8.69. The maximum Gasteiger partial charge on any atom is 0.352 e. The monoisotopic (exact) mass is 273 g/mol. The molecule has 7 heteroatoms. The molecule has 0 fully saturated rings. The van der Waals surface area contributed by atoms with Crippen LogP contribution in [0.15, 0.2) is 23.1 Å². The van der Waals surface area contributed by atoms with Crippen molar-refractivity contribution in [3.05, 3.63) is 29.5 Å². The van der Waals surface area contributed by atoms with Crippen molar-refractivity contribution in [2.24, 2.45) is 0 Å². The van der Waals surface area contributed by atoms with Crippen molar-refractivity contribution in [1.29, 1.82) is 0 Å². The van der Waals surface area contributed by atoms with E-state index in [4.69, 9.17) is 15.8 Å². The smallest absolute Gasteiger partial charge is 0.352 e. The first-order chi connectivity index (χ1) is 7.79. The van der Waals surface area contributed by atoms with Gasteiger partial charge < -0.3 is 10.1 Å². The van der Waals surface area contributed by atoms with Crippen molar-refractivity contribution < 1.29 is 18.3 Å². The van der Waals surface area contributed by atoms with Crippen LogP contribution in [0.25, 0.3) is 10.9 Å². The Morgan fingerprint density at radius 1 is 1.35 bits per heavy atom. The highest BCUT2D eigenvalue weighted by molar-refractivity contribution is 8.13. The van der Waals surface area contributed by atoms with Gasteiger partial charge in [0.1, 0.15) is 5.69 Å². The van der Waals surface area contributed by atoms with Gasteiger partial charge in [0, 0.05) is 21.6 Å². The molecular formula is C10H8ClNO4S. The summed E-state index contributed by atoms with van der Waals surface area (Å²) in [6, 6.07) is 4.11. The number of aryl methyl sites for hydroxylation is 1. The van der Waals surface area contributed by atoms with Gasteiger partial charge in [-0.3, -0.25) is 0 Å². The molecule has 5 nitrogen and oxygen atoms in total. The molecule has 2 N–H and O–H groups in total. The van der Waals surface area contributed by atoms with E-state index in [1.165, 1.54) is 18.2 Å². The largest absolute Gasteiger partial charge is 0.477 e. The Kier molecular flexibility index (Phi) is 2.63. The maximum absolute atomic E-state index is 11.2.